The number of nitrogens with zero attached hydrogens (tertiary/aromatic N) is 1. The van der Waals surface area contributed by atoms with Crippen molar-refractivity contribution in [2.45, 2.75) is 0 Å². The maximum atomic E-state index is 12.2. The van der Waals surface area contributed by atoms with E-state index < -0.39 is 16.9 Å². The van der Waals surface area contributed by atoms with Crippen molar-refractivity contribution in [3.05, 3.63) is 67.7 Å². The minimum Gasteiger partial charge on any atom is -0.506 e. The van der Waals surface area contributed by atoms with Crippen molar-refractivity contribution in [1.82, 2.24) is 15.0 Å². The third-order valence-electron chi connectivity index (χ3n) is 3.64. The van der Waals surface area contributed by atoms with Gasteiger partial charge < -0.3 is 9.52 Å². The molecule has 24 heavy (non-hydrogen) atoms. The van der Waals surface area contributed by atoms with Crippen LogP contribution in [-0.2, 0) is 0 Å². The molecule has 3 N–H and O–H groups in total. The molecule has 8 heteroatoms. The lowest BCUT2D eigenvalue weighted by Gasteiger charge is -2.06. The summed E-state index contributed by atoms with van der Waals surface area (Å²) in [5.74, 6) is -0.277. The number of hydrogen-bond acceptors (Lipinski definition) is 6. The quantitative estimate of drug-likeness (QED) is 0.450. The second-order valence-electron chi connectivity index (χ2n) is 5.11. The van der Waals surface area contributed by atoms with Gasteiger partial charge in [0, 0.05) is 0 Å². The number of aromatic hydroxyl groups is 1. The van der Waals surface area contributed by atoms with Gasteiger partial charge in [0.15, 0.2) is 0 Å². The van der Waals surface area contributed by atoms with Gasteiger partial charge in [0.05, 0.1) is 16.5 Å². The number of aromatic amines is 2. The average Bonchev–Trinajstić information content (AvgIpc) is 2.54. The number of benzene rings is 1. The Morgan fingerprint density at radius 1 is 0.958 bits per heavy atom. The van der Waals surface area contributed by atoms with Crippen LogP contribution in [-0.4, -0.2) is 20.1 Å². The minimum atomic E-state index is -0.773. The number of para-hydroxylation sites is 1. The van der Waals surface area contributed by atoms with Gasteiger partial charge in [0.2, 0.25) is 0 Å². The molecule has 3 aromatic heterocycles. The molecule has 118 valence electrons. The van der Waals surface area contributed by atoms with Crippen molar-refractivity contribution in [2.75, 3.05) is 0 Å². The Kier molecular flexibility index (Phi) is 2.86. The summed E-state index contributed by atoms with van der Waals surface area (Å²) in [6.45, 7) is 0. The van der Waals surface area contributed by atoms with Gasteiger partial charge in [-0.05, 0) is 24.3 Å². The van der Waals surface area contributed by atoms with E-state index in [0.717, 1.165) is 0 Å². The SMILES string of the molecule is O=c1[nH]c(=O)c2ccc(-c3c(O)c4ccccc4oc3=O)nc2[nH]1. The highest BCUT2D eigenvalue weighted by Gasteiger charge is 2.17. The van der Waals surface area contributed by atoms with E-state index in [1.54, 1.807) is 24.3 Å². The number of H-pyrrole nitrogens is 2. The molecule has 0 amide bonds. The Bertz CT molecular complexity index is 1280. The molecule has 0 radical (unpaired) electrons. The first kappa shape index (κ1) is 13.9. The normalized spacial score (nSPS) is 11.2. The van der Waals surface area contributed by atoms with Crippen LogP contribution in [0.1, 0.15) is 0 Å². The largest absolute Gasteiger partial charge is 0.506 e. The van der Waals surface area contributed by atoms with Gasteiger partial charge in [0.1, 0.15) is 22.5 Å². The molecule has 1 aromatic carbocycles. The number of pyridine rings is 1. The average molecular weight is 323 g/mol. The van der Waals surface area contributed by atoms with E-state index in [1.807, 2.05) is 0 Å². The summed E-state index contributed by atoms with van der Waals surface area (Å²) < 4.78 is 5.19. The number of rotatable bonds is 1. The molecule has 0 unspecified atom stereocenters. The maximum Gasteiger partial charge on any atom is 0.349 e. The Morgan fingerprint density at radius 3 is 2.58 bits per heavy atom. The van der Waals surface area contributed by atoms with E-state index in [9.17, 15) is 19.5 Å². The smallest absolute Gasteiger partial charge is 0.349 e. The van der Waals surface area contributed by atoms with E-state index in [-0.39, 0.29) is 33.6 Å². The van der Waals surface area contributed by atoms with Crippen LogP contribution in [0.15, 0.2) is 55.2 Å². The van der Waals surface area contributed by atoms with Crippen LogP contribution in [0, 0.1) is 0 Å². The number of fused-ring (bicyclic) bond motifs is 2. The van der Waals surface area contributed by atoms with E-state index in [2.05, 4.69) is 15.0 Å². The summed E-state index contributed by atoms with van der Waals surface area (Å²) in [6.07, 6.45) is 0. The molecular formula is C16H9N3O5. The van der Waals surface area contributed by atoms with Gasteiger partial charge in [-0.1, -0.05) is 12.1 Å². The van der Waals surface area contributed by atoms with Crippen molar-refractivity contribution in [2.24, 2.45) is 0 Å². The molecule has 0 fully saturated rings. The number of aromatic nitrogens is 3. The predicted octanol–water partition coefficient (Wildman–Crippen LogP) is 1.09. The summed E-state index contributed by atoms with van der Waals surface area (Å²) in [7, 11) is 0. The fourth-order valence-electron chi connectivity index (χ4n) is 2.55. The van der Waals surface area contributed by atoms with E-state index in [0.29, 0.717) is 5.39 Å². The standard InChI is InChI=1S/C16H9N3O5/c20-12-7-3-1-2-4-10(7)24-15(22)11(12)9-6-5-8-13(17-9)18-16(23)19-14(8)21/h1-6,20H,(H2,17,18,19,21,23). The number of hydrogen-bond donors (Lipinski definition) is 3. The summed E-state index contributed by atoms with van der Waals surface area (Å²) in [5, 5.41) is 10.9. The molecule has 0 aliphatic rings. The van der Waals surface area contributed by atoms with Crippen LogP contribution in [0.2, 0.25) is 0 Å². The minimum absolute atomic E-state index is 0.00760. The van der Waals surface area contributed by atoms with E-state index in [4.69, 9.17) is 4.42 Å². The first-order chi connectivity index (χ1) is 11.5. The third kappa shape index (κ3) is 2.01. The molecule has 0 aliphatic carbocycles. The molecule has 4 aromatic rings. The van der Waals surface area contributed by atoms with Crippen molar-refractivity contribution < 1.29 is 9.52 Å². The van der Waals surface area contributed by atoms with Gasteiger partial charge in [-0.25, -0.2) is 14.6 Å². The molecule has 0 saturated carbocycles. The lowest BCUT2D eigenvalue weighted by atomic mass is 10.1. The van der Waals surface area contributed by atoms with Crippen molar-refractivity contribution in [3.63, 3.8) is 0 Å². The fourth-order valence-corrected chi connectivity index (χ4v) is 2.55. The van der Waals surface area contributed by atoms with Crippen LogP contribution in [0.25, 0.3) is 33.3 Å². The highest BCUT2D eigenvalue weighted by Crippen LogP contribution is 2.32. The van der Waals surface area contributed by atoms with Crippen molar-refractivity contribution in [1.29, 1.82) is 0 Å². The van der Waals surface area contributed by atoms with Crippen LogP contribution in [0.3, 0.4) is 0 Å². The van der Waals surface area contributed by atoms with Crippen LogP contribution >= 0.6 is 0 Å². The Balaban J connectivity index is 2.08. The lowest BCUT2D eigenvalue weighted by Crippen LogP contribution is -2.22. The van der Waals surface area contributed by atoms with E-state index >= 15 is 0 Å². The second kappa shape index (κ2) is 4.92. The van der Waals surface area contributed by atoms with Crippen LogP contribution in [0.5, 0.6) is 5.75 Å². The summed E-state index contributed by atoms with van der Waals surface area (Å²) in [4.78, 5) is 43.9. The van der Waals surface area contributed by atoms with Crippen LogP contribution < -0.4 is 16.9 Å². The molecule has 0 spiro atoms. The van der Waals surface area contributed by atoms with Gasteiger partial charge in [0.25, 0.3) is 5.56 Å². The first-order valence-electron chi connectivity index (χ1n) is 6.93. The topological polar surface area (TPSA) is 129 Å². The lowest BCUT2D eigenvalue weighted by molar-refractivity contribution is 0.471. The highest BCUT2D eigenvalue weighted by molar-refractivity contribution is 5.90. The zero-order valence-corrected chi connectivity index (χ0v) is 12.0. The van der Waals surface area contributed by atoms with E-state index in [1.165, 1.54) is 12.1 Å². The Labute approximate surface area is 132 Å². The van der Waals surface area contributed by atoms with Gasteiger partial charge in [-0.15, -0.1) is 0 Å². The molecule has 4 rings (SSSR count). The molecule has 0 atom stereocenters. The predicted molar refractivity (Wildman–Crippen MR) is 86.1 cm³/mol. The van der Waals surface area contributed by atoms with Crippen molar-refractivity contribution in [3.8, 4) is 17.0 Å². The Hall–Kier alpha value is -3.68. The second-order valence-corrected chi connectivity index (χ2v) is 5.11. The Morgan fingerprint density at radius 2 is 1.75 bits per heavy atom. The zero-order valence-electron chi connectivity index (χ0n) is 12.0. The van der Waals surface area contributed by atoms with Crippen LogP contribution in [0.4, 0.5) is 0 Å². The number of nitrogens with one attached hydrogen (secondary N) is 2. The molecular weight excluding hydrogens is 314 g/mol. The summed E-state index contributed by atoms with van der Waals surface area (Å²) in [5.41, 5.74) is -1.89. The van der Waals surface area contributed by atoms with Gasteiger partial charge in [-0.2, -0.15) is 0 Å². The zero-order chi connectivity index (χ0) is 16.8. The highest BCUT2D eigenvalue weighted by atomic mass is 16.4. The molecule has 3 heterocycles. The van der Waals surface area contributed by atoms with Gasteiger partial charge in [-0.3, -0.25) is 14.8 Å². The first-order valence-corrected chi connectivity index (χ1v) is 6.93. The summed E-state index contributed by atoms with van der Waals surface area (Å²) in [6, 6.07) is 9.33. The molecule has 0 aliphatic heterocycles. The third-order valence-corrected chi connectivity index (χ3v) is 3.64. The fraction of sp³-hybridized carbons (Fsp3) is 0. The molecule has 0 bridgehead atoms. The van der Waals surface area contributed by atoms with Crippen molar-refractivity contribution >= 4 is 22.0 Å². The van der Waals surface area contributed by atoms with Gasteiger partial charge >= 0.3 is 11.3 Å². The summed E-state index contributed by atoms with van der Waals surface area (Å²) >= 11 is 0. The maximum absolute atomic E-state index is 12.2. The monoisotopic (exact) mass is 323 g/mol. The molecule has 8 nitrogen and oxygen atoms in total. The molecule has 0 saturated heterocycles.